The number of thiophene rings is 1. The number of ether oxygens (including phenoxy) is 1. The number of imide groups is 1. The summed E-state index contributed by atoms with van der Waals surface area (Å²) in [4.78, 5) is 28.4. The SMILES string of the molecule is COc1ccc(NC2=C(c3cccs3)C(=O)N(CCc3ccccc3)C2=O)cc1Cl. The molecule has 0 aliphatic carbocycles. The van der Waals surface area contributed by atoms with E-state index in [0.29, 0.717) is 35.0 Å². The highest BCUT2D eigenvalue weighted by atomic mass is 35.5. The maximum Gasteiger partial charge on any atom is 0.278 e. The second-order valence-electron chi connectivity index (χ2n) is 6.70. The van der Waals surface area contributed by atoms with Gasteiger partial charge in [-0.15, -0.1) is 11.3 Å². The van der Waals surface area contributed by atoms with Gasteiger partial charge in [0, 0.05) is 17.1 Å². The second-order valence-corrected chi connectivity index (χ2v) is 8.05. The minimum atomic E-state index is -0.341. The molecule has 0 unspecified atom stereocenters. The molecule has 5 nitrogen and oxygen atoms in total. The summed E-state index contributed by atoms with van der Waals surface area (Å²) in [5.74, 6) is -0.0975. The molecule has 152 valence electrons. The van der Waals surface area contributed by atoms with E-state index in [1.807, 2.05) is 47.8 Å². The van der Waals surface area contributed by atoms with Gasteiger partial charge >= 0.3 is 0 Å². The lowest BCUT2D eigenvalue weighted by molar-refractivity contribution is -0.136. The molecule has 3 aromatic rings. The van der Waals surface area contributed by atoms with Crippen molar-refractivity contribution in [2.45, 2.75) is 6.42 Å². The monoisotopic (exact) mass is 438 g/mol. The number of carbonyl (C=O) groups excluding carboxylic acids is 2. The zero-order valence-corrected chi connectivity index (χ0v) is 17.8. The lowest BCUT2D eigenvalue weighted by Gasteiger charge is -2.15. The Kier molecular flexibility index (Phi) is 5.88. The summed E-state index contributed by atoms with van der Waals surface area (Å²) in [6.07, 6.45) is 0.595. The summed E-state index contributed by atoms with van der Waals surface area (Å²) < 4.78 is 5.18. The molecule has 0 saturated carbocycles. The molecule has 2 heterocycles. The lowest BCUT2D eigenvalue weighted by Crippen LogP contribution is -2.34. The van der Waals surface area contributed by atoms with Crippen molar-refractivity contribution in [2.75, 3.05) is 19.0 Å². The van der Waals surface area contributed by atoms with E-state index in [1.54, 1.807) is 18.2 Å². The van der Waals surface area contributed by atoms with Crippen LogP contribution in [-0.4, -0.2) is 30.4 Å². The average molecular weight is 439 g/mol. The first-order valence-corrected chi connectivity index (χ1v) is 10.6. The van der Waals surface area contributed by atoms with E-state index in [2.05, 4.69) is 5.32 Å². The molecule has 0 spiro atoms. The highest BCUT2D eigenvalue weighted by Crippen LogP contribution is 2.34. The van der Waals surface area contributed by atoms with Gasteiger partial charge in [-0.25, -0.2) is 0 Å². The summed E-state index contributed by atoms with van der Waals surface area (Å²) in [6, 6.07) is 18.6. The maximum atomic E-state index is 13.2. The van der Waals surface area contributed by atoms with Crippen molar-refractivity contribution in [3.63, 3.8) is 0 Å². The number of nitrogens with zero attached hydrogens (tertiary/aromatic N) is 1. The summed E-state index contributed by atoms with van der Waals surface area (Å²) in [6.45, 7) is 0.311. The fraction of sp³-hybridized carbons (Fsp3) is 0.130. The number of halogens is 1. The predicted octanol–water partition coefficient (Wildman–Crippen LogP) is 4.84. The van der Waals surface area contributed by atoms with Crippen LogP contribution in [0.2, 0.25) is 5.02 Å². The Morgan fingerprint density at radius 2 is 1.83 bits per heavy atom. The number of benzene rings is 2. The first-order valence-electron chi connectivity index (χ1n) is 9.37. The van der Waals surface area contributed by atoms with E-state index < -0.39 is 0 Å². The van der Waals surface area contributed by atoms with Gasteiger partial charge in [0.05, 0.1) is 17.7 Å². The number of amides is 2. The Balaban J connectivity index is 1.63. The molecule has 4 rings (SSSR count). The van der Waals surface area contributed by atoms with Crippen molar-refractivity contribution in [2.24, 2.45) is 0 Å². The van der Waals surface area contributed by atoms with Crippen LogP contribution in [0.3, 0.4) is 0 Å². The number of rotatable bonds is 7. The molecule has 0 fully saturated rings. The topological polar surface area (TPSA) is 58.6 Å². The quantitative estimate of drug-likeness (QED) is 0.536. The first-order chi connectivity index (χ1) is 14.6. The van der Waals surface area contributed by atoms with Crippen molar-refractivity contribution in [3.8, 4) is 5.75 Å². The minimum Gasteiger partial charge on any atom is -0.495 e. The zero-order chi connectivity index (χ0) is 21.1. The van der Waals surface area contributed by atoms with Crippen molar-refractivity contribution >= 4 is 46.0 Å². The van der Waals surface area contributed by atoms with Crippen LogP contribution in [0.25, 0.3) is 5.57 Å². The summed E-state index contributed by atoms with van der Waals surface area (Å²) in [5.41, 5.74) is 2.32. The number of carbonyl (C=O) groups is 2. The summed E-state index contributed by atoms with van der Waals surface area (Å²) >= 11 is 7.64. The molecular formula is C23H19ClN2O3S. The molecule has 2 aromatic carbocycles. The Hall–Kier alpha value is -3.09. The van der Waals surface area contributed by atoms with Gasteiger partial charge < -0.3 is 10.1 Å². The molecule has 1 N–H and O–H groups in total. The third kappa shape index (κ3) is 3.97. The van der Waals surface area contributed by atoms with Gasteiger partial charge in [-0.3, -0.25) is 14.5 Å². The zero-order valence-electron chi connectivity index (χ0n) is 16.2. The second kappa shape index (κ2) is 8.73. The third-order valence-corrected chi connectivity index (χ3v) is 6.01. The normalized spacial score (nSPS) is 13.9. The van der Waals surface area contributed by atoms with Crippen molar-refractivity contribution in [1.29, 1.82) is 0 Å². The standard InChI is InChI=1S/C23H19ClN2O3S/c1-29-18-10-9-16(14-17(18)24)25-21-20(19-8-5-13-30-19)22(27)26(23(21)28)12-11-15-6-3-2-4-7-15/h2-10,13-14,25H,11-12H2,1H3. The van der Waals surface area contributed by atoms with E-state index in [-0.39, 0.29) is 17.5 Å². The largest absolute Gasteiger partial charge is 0.495 e. The van der Waals surface area contributed by atoms with Crippen LogP contribution in [0.1, 0.15) is 10.4 Å². The Labute approximate surface area is 183 Å². The Morgan fingerprint density at radius 1 is 1.03 bits per heavy atom. The molecule has 2 amide bonds. The summed E-state index contributed by atoms with van der Waals surface area (Å²) in [7, 11) is 1.54. The van der Waals surface area contributed by atoms with Gasteiger partial charge in [0.1, 0.15) is 11.4 Å². The molecule has 1 aliphatic heterocycles. The van der Waals surface area contributed by atoms with Gasteiger partial charge in [0.2, 0.25) is 0 Å². The van der Waals surface area contributed by atoms with E-state index in [4.69, 9.17) is 16.3 Å². The Bertz CT molecular complexity index is 1110. The van der Waals surface area contributed by atoms with Crippen molar-refractivity contribution in [3.05, 3.63) is 87.2 Å². The maximum absolute atomic E-state index is 13.2. The summed E-state index contributed by atoms with van der Waals surface area (Å²) in [5, 5.41) is 5.41. The number of anilines is 1. The van der Waals surface area contributed by atoms with Crippen LogP contribution < -0.4 is 10.1 Å². The molecule has 0 atom stereocenters. The predicted molar refractivity (Wildman–Crippen MR) is 120 cm³/mol. The molecule has 1 aromatic heterocycles. The number of nitrogens with one attached hydrogen (secondary N) is 1. The number of methoxy groups -OCH3 is 1. The van der Waals surface area contributed by atoms with Crippen LogP contribution in [0.5, 0.6) is 5.75 Å². The molecular weight excluding hydrogens is 420 g/mol. The molecule has 0 bridgehead atoms. The Morgan fingerprint density at radius 3 is 2.50 bits per heavy atom. The smallest absolute Gasteiger partial charge is 0.278 e. The van der Waals surface area contributed by atoms with Crippen LogP contribution >= 0.6 is 22.9 Å². The van der Waals surface area contributed by atoms with Gasteiger partial charge in [-0.1, -0.05) is 48.0 Å². The average Bonchev–Trinajstić information content (AvgIpc) is 3.35. The van der Waals surface area contributed by atoms with E-state index in [9.17, 15) is 9.59 Å². The fourth-order valence-electron chi connectivity index (χ4n) is 3.32. The lowest BCUT2D eigenvalue weighted by atomic mass is 10.1. The van der Waals surface area contributed by atoms with Crippen LogP contribution in [0.4, 0.5) is 5.69 Å². The third-order valence-electron chi connectivity index (χ3n) is 4.82. The molecule has 1 aliphatic rings. The highest BCUT2D eigenvalue weighted by Gasteiger charge is 2.39. The van der Waals surface area contributed by atoms with Gasteiger partial charge in [-0.2, -0.15) is 0 Å². The minimum absolute atomic E-state index is 0.261. The van der Waals surface area contributed by atoms with E-state index >= 15 is 0 Å². The van der Waals surface area contributed by atoms with E-state index in [1.165, 1.54) is 23.3 Å². The number of hydrogen-bond acceptors (Lipinski definition) is 5. The molecule has 30 heavy (non-hydrogen) atoms. The van der Waals surface area contributed by atoms with Crippen LogP contribution in [0, 0.1) is 0 Å². The number of hydrogen-bond donors (Lipinski definition) is 1. The van der Waals surface area contributed by atoms with Crippen molar-refractivity contribution in [1.82, 2.24) is 4.90 Å². The van der Waals surface area contributed by atoms with E-state index in [0.717, 1.165) is 10.4 Å². The highest BCUT2D eigenvalue weighted by molar-refractivity contribution is 7.11. The van der Waals surface area contributed by atoms with Crippen LogP contribution in [0.15, 0.2) is 71.7 Å². The molecule has 0 saturated heterocycles. The van der Waals surface area contributed by atoms with Gasteiger partial charge in [-0.05, 0) is 41.6 Å². The van der Waals surface area contributed by atoms with Crippen molar-refractivity contribution < 1.29 is 14.3 Å². The fourth-order valence-corrected chi connectivity index (χ4v) is 4.34. The van der Waals surface area contributed by atoms with Gasteiger partial charge in [0.15, 0.2) is 0 Å². The first kappa shape index (κ1) is 20.2. The molecule has 7 heteroatoms. The molecule has 0 radical (unpaired) electrons. The van der Waals surface area contributed by atoms with Gasteiger partial charge in [0.25, 0.3) is 11.8 Å². The van der Waals surface area contributed by atoms with Crippen LogP contribution in [-0.2, 0) is 16.0 Å².